The van der Waals surface area contributed by atoms with Gasteiger partial charge in [-0.15, -0.1) is 0 Å². The maximum atomic E-state index is 12.9. The SMILES string of the molecule is COc1ccc(CN2CC(c3nc4ccccc4n3Cc3cccc(C)c3)CC2=O)cc1. The van der Waals surface area contributed by atoms with Crippen molar-refractivity contribution in [3.05, 3.63) is 95.3 Å². The molecule has 2 heterocycles. The number of carbonyl (C=O) groups is 1. The molecule has 1 saturated heterocycles. The first-order valence-corrected chi connectivity index (χ1v) is 11.0. The second-order valence-electron chi connectivity index (χ2n) is 8.56. The molecule has 1 amide bonds. The Kier molecular flexibility index (Phi) is 5.39. The fourth-order valence-corrected chi connectivity index (χ4v) is 4.61. The van der Waals surface area contributed by atoms with Crippen molar-refractivity contribution in [3.8, 4) is 5.75 Å². The third kappa shape index (κ3) is 3.98. The number of aromatic nitrogens is 2. The van der Waals surface area contributed by atoms with Crippen LogP contribution in [0.3, 0.4) is 0 Å². The monoisotopic (exact) mass is 425 g/mol. The Labute approximate surface area is 188 Å². The number of aryl methyl sites for hydroxylation is 1. The first-order chi connectivity index (χ1) is 15.6. The predicted octanol–water partition coefficient (Wildman–Crippen LogP) is 4.92. The maximum Gasteiger partial charge on any atom is 0.223 e. The van der Waals surface area contributed by atoms with Crippen molar-refractivity contribution in [1.29, 1.82) is 0 Å². The van der Waals surface area contributed by atoms with Crippen LogP contribution in [0.1, 0.15) is 34.9 Å². The number of nitrogens with zero attached hydrogens (tertiary/aromatic N) is 3. The van der Waals surface area contributed by atoms with E-state index in [4.69, 9.17) is 9.72 Å². The number of likely N-dealkylation sites (tertiary alicyclic amines) is 1. The molecule has 5 heteroatoms. The molecule has 1 aliphatic heterocycles. The fourth-order valence-electron chi connectivity index (χ4n) is 4.61. The molecule has 1 aromatic heterocycles. The zero-order valence-corrected chi connectivity index (χ0v) is 18.5. The second kappa shape index (κ2) is 8.50. The summed E-state index contributed by atoms with van der Waals surface area (Å²) in [7, 11) is 1.66. The summed E-state index contributed by atoms with van der Waals surface area (Å²) >= 11 is 0. The van der Waals surface area contributed by atoms with Gasteiger partial charge in [-0.05, 0) is 42.3 Å². The van der Waals surface area contributed by atoms with E-state index < -0.39 is 0 Å². The van der Waals surface area contributed by atoms with Crippen LogP contribution in [0.4, 0.5) is 0 Å². The lowest BCUT2D eigenvalue weighted by Gasteiger charge is -2.18. The molecule has 0 N–H and O–H groups in total. The van der Waals surface area contributed by atoms with Crippen molar-refractivity contribution >= 4 is 16.9 Å². The zero-order chi connectivity index (χ0) is 22.1. The number of methoxy groups -OCH3 is 1. The van der Waals surface area contributed by atoms with Gasteiger partial charge in [0.2, 0.25) is 5.91 Å². The zero-order valence-electron chi connectivity index (χ0n) is 18.5. The molecule has 32 heavy (non-hydrogen) atoms. The topological polar surface area (TPSA) is 47.4 Å². The average molecular weight is 426 g/mol. The van der Waals surface area contributed by atoms with Crippen LogP contribution in [-0.4, -0.2) is 34.0 Å². The fraction of sp³-hybridized carbons (Fsp3) is 0.259. The van der Waals surface area contributed by atoms with Gasteiger partial charge in [0, 0.05) is 32.0 Å². The number of imidazole rings is 1. The minimum absolute atomic E-state index is 0.0814. The lowest BCUT2D eigenvalue weighted by atomic mass is 10.1. The van der Waals surface area contributed by atoms with E-state index in [1.54, 1.807) is 7.11 Å². The summed E-state index contributed by atoms with van der Waals surface area (Å²) in [5.74, 6) is 2.08. The van der Waals surface area contributed by atoms with E-state index in [0.717, 1.165) is 34.7 Å². The van der Waals surface area contributed by atoms with Crippen molar-refractivity contribution in [1.82, 2.24) is 14.5 Å². The molecule has 1 aliphatic rings. The minimum Gasteiger partial charge on any atom is -0.497 e. The van der Waals surface area contributed by atoms with E-state index in [9.17, 15) is 4.79 Å². The van der Waals surface area contributed by atoms with E-state index in [0.29, 0.717) is 19.5 Å². The summed E-state index contributed by atoms with van der Waals surface area (Å²) in [6.07, 6.45) is 0.493. The highest BCUT2D eigenvalue weighted by Crippen LogP contribution is 2.32. The van der Waals surface area contributed by atoms with Crippen LogP contribution in [0.25, 0.3) is 11.0 Å². The van der Waals surface area contributed by atoms with Crippen LogP contribution in [0.5, 0.6) is 5.75 Å². The van der Waals surface area contributed by atoms with E-state index in [2.05, 4.69) is 54.0 Å². The van der Waals surface area contributed by atoms with Crippen LogP contribution in [0, 0.1) is 6.92 Å². The number of benzene rings is 3. The summed E-state index contributed by atoms with van der Waals surface area (Å²) in [5, 5.41) is 0. The number of hydrogen-bond acceptors (Lipinski definition) is 3. The van der Waals surface area contributed by atoms with Gasteiger partial charge >= 0.3 is 0 Å². The van der Waals surface area contributed by atoms with Crippen molar-refractivity contribution in [2.75, 3.05) is 13.7 Å². The highest BCUT2D eigenvalue weighted by Gasteiger charge is 2.34. The molecule has 3 aromatic carbocycles. The number of carbonyl (C=O) groups excluding carboxylic acids is 1. The van der Waals surface area contributed by atoms with Gasteiger partial charge in [0.1, 0.15) is 11.6 Å². The maximum absolute atomic E-state index is 12.9. The van der Waals surface area contributed by atoms with E-state index in [-0.39, 0.29) is 11.8 Å². The molecular weight excluding hydrogens is 398 g/mol. The number of hydrogen-bond donors (Lipinski definition) is 0. The summed E-state index contributed by atoms with van der Waals surface area (Å²) < 4.78 is 7.53. The van der Waals surface area contributed by atoms with Crippen molar-refractivity contribution in [3.63, 3.8) is 0 Å². The highest BCUT2D eigenvalue weighted by molar-refractivity contribution is 5.81. The largest absolute Gasteiger partial charge is 0.497 e. The Morgan fingerprint density at radius 3 is 2.56 bits per heavy atom. The smallest absolute Gasteiger partial charge is 0.223 e. The standard InChI is InChI=1S/C27H27N3O2/c1-19-6-5-7-21(14-19)17-30-25-9-4-3-8-24(25)28-27(30)22-15-26(31)29(18-22)16-20-10-12-23(32-2)13-11-20/h3-14,22H,15-18H2,1-2H3. The van der Waals surface area contributed by atoms with Gasteiger partial charge < -0.3 is 14.2 Å². The molecule has 0 saturated carbocycles. The number of amides is 1. The van der Waals surface area contributed by atoms with Gasteiger partial charge in [0.15, 0.2) is 0 Å². The number of rotatable bonds is 6. The molecule has 0 spiro atoms. The molecule has 5 rings (SSSR count). The Bertz CT molecular complexity index is 1260. The minimum atomic E-state index is 0.0814. The number of fused-ring (bicyclic) bond motifs is 1. The molecule has 1 fully saturated rings. The Morgan fingerprint density at radius 1 is 0.969 bits per heavy atom. The van der Waals surface area contributed by atoms with Crippen LogP contribution in [0.15, 0.2) is 72.8 Å². The summed E-state index contributed by atoms with van der Waals surface area (Å²) in [6, 6.07) is 24.7. The molecule has 4 aromatic rings. The predicted molar refractivity (Wildman–Crippen MR) is 126 cm³/mol. The van der Waals surface area contributed by atoms with Gasteiger partial charge in [-0.1, -0.05) is 54.1 Å². The third-order valence-corrected chi connectivity index (χ3v) is 6.22. The van der Waals surface area contributed by atoms with E-state index in [1.807, 2.05) is 35.2 Å². The highest BCUT2D eigenvalue weighted by atomic mass is 16.5. The first kappa shape index (κ1) is 20.3. The van der Waals surface area contributed by atoms with Gasteiger partial charge in [0.05, 0.1) is 18.1 Å². The molecule has 1 atom stereocenters. The molecule has 0 radical (unpaired) electrons. The van der Waals surface area contributed by atoms with Crippen molar-refractivity contribution in [2.24, 2.45) is 0 Å². The third-order valence-electron chi connectivity index (χ3n) is 6.22. The first-order valence-electron chi connectivity index (χ1n) is 11.0. The molecule has 162 valence electrons. The summed E-state index contributed by atoms with van der Waals surface area (Å²) in [6.45, 7) is 4.16. The Morgan fingerprint density at radius 2 is 1.78 bits per heavy atom. The number of para-hydroxylation sites is 2. The van der Waals surface area contributed by atoms with Gasteiger partial charge in [-0.2, -0.15) is 0 Å². The molecule has 0 aliphatic carbocycles. The van der Waals surface area contributed by atoms with Gasteiger partial charge in [-0.3, -0.25) is 4.79 Å². The normalized spacial score (nSPS) is 16.1. The molecule has 0 bridgehead atoms. The van der Waals surface area contributed by atoms with Crippen LogP contribution in [0.2, 0.25) is 0 Å². The van der Waals surface area contributed by atoms with Crippen LogP contribution in [-0.2, 0) is 17.9 Å². The quantitative estimate of drug-likeness (QED) is 0.441. The average Bonchev–Trinajstić information content (AvgIpc) is 3.35. The Hall–Kier alpha value is -3.60. The lowest BCUT2D eigenvalue weighted by molar-refractivity contribution is -0.128. The second-order valence-corrected chi connectivity index (χ2v) is 8.56. The van der Waals surface area contributed by atoms with E-state index in [1.165, 1.54) is 11.1 Å². The molecule has 1 unspecified atom stereocenters. The Balaban J connectivity index is 1.43. The van der Waals surface area contributed by atoms with Gasteiger partial charge in [0.25, 0.3) is 0 Å². The summed E-state index contributed by atoms with van der Waals surface area (Å²) in [5.41, 5.74) is 5.69. The molecule has 5 nitrogen and oxygen atoms in total. The van der Waals surface area contributed by atoms with E-state index >= 15 is 0 Å². The lowest BCUT2D eigenvalue weighted by Crippen LogP contribution is -2.24. The van der Waals surface area contributed by atoms with Gasteiger partial charge in [-0.25, -0.2) is 4.98 Å². The van der Waals surface area contributed by atoms with Crippen molar-refractivity contribution < 1.29 is 9.53 Å². The van der Waals surface area contributed by atoms with Crippen LogP contribution < -0.4 is 4.74 Å². The van der Waals surface area contributed by atoms with Crippen LogP contribution >= 0.6 is 0 Å². The molecular formula is C27H27N3O2. The summed E-state index contributed by atoms with van der Waals surface area (Å²) in [4.78, 5) is 19.8. The van der Waals surface area contributed by atoms with Crippen molar-refractivity contribution in [2.45, 2.75) is 32.4 Å². The number of ether oxygens (including phenoxy) is 1.